The first-order valence-corrected chi connectivity index (χ1v) is 7.37. The summed E-state index contributed by atoms with van der Waals surface area (Å²) in [5, 5.41) is 3.08. The SMILES string of the molecule is C#Cc1cncc(C(=O)N[C@H](CC(C)C)c2ccccc2)c1. The minimum Gasteiger partial charge on any atom is -0.345 e. The van der Waals surface area contributed by atoms with E-state index in [1.54, 1.807) is 12.3 Å². The standard InChI is InChI=1S/C19H20N2O/c1-4-15-11-17(13-20-12-15)19(22)21-18(10-14(2)3)16-8-6-5-7-9-16/h1,5-9,11-14,18H,10H2,2-3H3,(H,21,22)/t18-/m1/s1. The minimum atomic E-state index is -0.154. The fourth-order valence-electron chi connectivity index (χ4n) is 2.32. The van der Waals surface area contributed by atoms with Crippen LogP contribution in [0.1, 0.15) is 47.8 Å². The van der Waals surface area contributed by atoms with E-state index in [0.29, 0.717) is 17.0 Å². The lowest BCUT2D eigenvalue weighted by atomic mass is 9.96. The van der Waals surface area contributed by atoms with Crippen LogP contribution in [0.5, 0.6) is 0 Å². The van der Waals surface area contributed by atoms with Crippen molar-refractivity contribution in [3.05, 3.63) is 65.5 Å². The highest BCUT2D eigenvalue weighted by Gasteiger charge is 2.17. The van der Waals surface area contributed by atoms with Gasteiger partial charge < -0.3 is 5.32 Å². The maximum atomic E-state index is 12.5. The van der Waals surface area contributed by atoms with Gasteiger partial charge in [-0.05, 0) is 24.0 Å². The first-order valence-electron chi connectivity index (χ1n) is 7.37. The normalized spacial score (nSPS) is 11.7. The Hall–Kier alpha value is -2.60. The lowest BCUT2D eigenvalue weighted by Gasteiger charge is -2.21. The number of aromatic nitrogens is 1. The zero-order valence-electron chi connectivity index (χ0n) is 12.9. The Balaban J connectivity index is 2.19. The van der Waals surface area contributed by atoms with Crippen molar-refractivity contribution in [3.8, 4) is 12.3 Å². The molecule has 1 aromatic carbocycles. The summed E-state index contributed by atoms with van der Waals surface area (Å²) >= 11 is 0. The topological polar surface area (TPSA) is 42.0 Å². The van der Waals surface area contributed by atoms with Crippen molar-refractivity contribution in [2.75, 3.05) is 0 Å². The van der Waals surface area contributed by atoms with E-state index in [4.69, 9.17) is 6.42 Å². The molecule has 2 rings (SSSR count). The van der Waals surface area contributed by atoms with Crippen LogP contribution in [-0.2, 0) is 0 Å². The Morgan fingerprint density at radius 3 is 2.64 bits per heavy atom. The van der Waals surface area contributed by atoms with Gasteiger partial charge in [0, 0.05) is 18.0 Å². The van der Waals surface area contributed by atoms with E-state index in [1.165, 1.54) is 6.20 Å². The second-order valence-corrected chi connectivity index (χ2v) is 5.67. The van der Waals surface area contributed by atoms with Gasteiger partial charge in [-0.2, -0.15) is 0 Å². The predicted octanol–water partition coefficient (Wildman–Crippen LogP) is 3.58. The average molecular weight is 292 g/mol. The van der Waals surface area contributed by atoms with E-state index < -0.39 is 0 Å². The number of benzene rings is 1. The summed E-state index contributed by atoms with van der Waals surface area (Å²) in [5.41, 5.74) is 2.19. The number of terminal acetylenes is 1. The quantitative estimate of drug-likeness (QED) is 0.856. The molecule has 0 unspecified atom stereocenters. The van der Waals surface area contributed by atoms with Gasteiger partial charge >= 0.3 is 0 Å². The van der Waals surface area contributed by atoms with Crippen molar-refractivity contribution >= 4 is 5.91 Å². The maximum absolute atomic E-state index is 12.5. The molecule has 2 aromatic rings. The van der Waals surface area contributed by atoms with Crippen LogP contribution in [-0.4, -0.2) is 10.9 Å². The molecule has 0 spiro atoms. The highest BCUT2D eigenvalue weighted by atomic mass is 16.1. The number of hydrogen-bond acceptors (Lipinski definition) is 2. The van der Waals surface area contributed by atoms with Gasteiger partial charge in [-0.3, -0.25) is 9.78 Å². The van der Waals surface area contributed by atoms with Gasteiger partial charge in [0.05, 0.1) is 11.6 Å². The second kappa shape index (κ2) is 7.42. The smallest absolute Gasteiger partial charge is 0.253 e. The molecule has 0 saturated carbocycles. The van der Waals surface area contributed by atoms with Gasteiger partial charge in [-0.25, -0.2) is 0 Å². The zero-order valence-corrected chi connectivity index (χ0v) is 12.9. The molecule has 1 aromatic heterocycles. The highest BCUT2D eigenvalue weighted by molar-refractivity contribution is 5.94. The maximum Gasteiger partial charge on any atom is 0.253 e. The minimum absolute atomic E-state index is 0.0248. The Labute approximate surface area is 131 Å². The summed E-state index contributed by atoms with van der Waals surface area (Å²) in [4.78, 5) is 16.5. The highest BCUT2D eigenvalue weighted by Crippen LogP contribution is 2.21. The van der Waals surface area contributed by atoms with Gasteiger partial charge in [-0.15, -0.1) is 6.42 Å². The lowest BCUT2D eigenvalue weighted by Crippen LogP contribution is -2.29. The van der Waals surface area contributed by atoms with E-state index in [9.17, 15) is 4.79 Å². The van der Waals surface area contributed by atoms with Crippen molar-refractivity contribution in [1.29, 1.82) is 0 Å². The molecule has 0 radical (unpaired) electrons. The van der Waals surface area contributed by atoms with Crippen molar-refractivity contribution in [2.45, 2.75) is 26.3 Å². The van der Waals surface area contributed by atoms with Crippen LogP contribution in [0.4, 0.5) is 0 Å². The summed E-state index contributed by atoms with van der Waals surface area (Å²) in [6, 6.07) is 11.7. The number of carbonyl (C=O) groups is 1. The molecule has 0 bridgehead atoms. The molecule has 3 nitrogen and oxygen atoms in total. The number of nitrogens with one attached hydrogen (secondary N) is 1. The van der Waals surface area contributed by atoms with Gasteiger partial charge in [0.2, 0.25) is 0 Å². The number of pyridine rings is 1. The van der Waals surface area contributed by atoms with Crippen molar-refractivity contribution in [1.82, 2.24) is 10.3 Å². The number of amides is 1. The summed E-state index contributed by atoms with van der Waals surface area (Å²) < 4.78 is 0. The largest absolute Gasteiger partial charge is 0.345 e. The van der Waals surface area contributed by atoms with Crippen LogP contribution in [0.25, 0.3) is 0 Å². The lowest BCUT2D eigenvalue weighted by molar-refractivity contribution is 0.0931. The van der Waals surface area contributed by atoms with E-state index in [-0.39, 0.29) is 11.9 Å². The van der Waals surface area contributed by atoms with Crippen LogP contribution >= 0.6 is 0 Å². The second-order valence-electron chi connectivity index (χ2n) is 5.67. The first kappa shape index (κ1) is 15.8. The first-order chi connectivity index (χ1) is 10.6. The van der Waals surface area contributed by atoms with Crippen molar-refractivity contribution < 1.29 is 4.79 Å². The Morgan fingerprint density at radius 1 is 1.27 bits per heavy atom. The molecular formula is C19H20N2O. The fraction of sp³-hybridized carbons (Fsp3) is 0.263. The molecule has 22 heavy (non-hydrogen) atoms. The summed E-state index contributed by atoms with van der Waals surface area (Å²) in [7, 11) is 0. The van der Waals surface area contributed by atoms with Crippen LogP contribution in [0.15, 0.2) is 48.8 Å². The fourth-order valence-corrected chi connectivity index (χ4v) is 2.32. The summed E-state index contributed by atoms with van der Waals surface area (Å²) in [5.74, 6) is 2.82. The van der Waals surface area contributed by atoms with Crippen molar-refractivity contribution in [3.63, 3.8) is 0 Å². The molecule has 1 atom stereocenters. The van der Waals surface area contributed by atoms with Gasteiger partial charge in [0.1, 0.15) is 0 Å². The average Bonchev–Trinajstić information content (AvgIpc) is 2.54. The Morgan fingerprint density at radius 2 is 2.00 bits per heavy atom. The number of hydrogen-bond donors (Lipinski definition) is 1. The summed E-state index contributed by atoms with van der Waals surface area (Å²) in [6.07, 6.45) is 9.33. The molecule has 0 aliphatic carbocycles. The zero-order chi connectivity index (χ0) is 15.9. The van der Waals surface area contributed by atoms with Crippen LogP contribution < -0.4 is 5.32 Å². The van der Waals surface area contributed by atoms with E-state index >= 15 is 0 Å². The van der Waals surface area contributed by atoms with E-state index in [2.05, 4.69) is 30.1 Å². The monoisotopic (exact) mass is 292 g/mol. The third-order valence-corrected chi connectivity index (χ3v) is 3.38. The number of rotatable bonds is 5. The molecule has 0 aliphatic rings. The molecule has 1 N–H and O–H groups in total. The predicted molar refractivity (Wildman–Crippen MR) is 88.3 cm³/mol. The number of carbonyl (C=O) groups excluding carboxylic acids is 1. The van der Waals surface area contributed by atoms with Crippen LogP contribution in [0.3, 0.4) is 0 Å². The molecule has 0 aliphatic heterocycles. The van der Waals surface area contributed by atoms with Crippen molar-refractivity contribution in [2.24, 2.45) is 5.92 Å². The summed E-state index contributed by atoms with van der Waals surface area (Å²) in [6.45, 7) is 4.28. The third kappa shape index (κ3) is 4.20. The molecule has 0 fully saturated rings. The third-order valence-electron chi connectivity index (χ3n) is 3.38. The van der Waals surface area contributed by atoms with Gasteiger partial charge in [0.25, 0.3) is 5.91 Å². The van der Waals surface area contributed by atoms with Gasteiger partial charge in [0.15, 0.2) is 0 Å². The van der Waals surface area contributed by atoms with Crippen LogP contribution in [0.2, 0.25) is 0 Å². The van der Waals surface area contributed by atoms with Crippen LogP contribution in [0, 0.1) is 18.3 Å². The number of nitrogens with zero attached hydrogens (tertiary/aromatic N) is 1. The van der Waals surface area contributed by atoms with E-state index in [0.717, 1.165) is 12.0 Å². The Bertz CT molecular complexity index is 671. The molecule has 1 heterocycles. The van der Waals surface area contributed by atoms with Gasteiger partial charge in [-0.1, -0.05) is 50.1 Å². The molecule has 0 saturated heterocycles. The molecular weight excluding hydrogens is 272 g/mol. The molecule has 112 valence electrons. The molecule has 3 heteroatoms. The van der Waals surface area contributed by atoms with E-state index in [1.807, 2.05) is 30.3 Å². The molecule has 1 amide bonds. The Kier molecular flexibility index (Phi) is 5.32.